The van der Waals surface area contributed by atoms with Crippen molar-refractivity contribution in [2.24, 2.45) is 0 Å². The van der Waals surface area contributed by atoms with Crippen molar-refractivity contribution in [3.63, 3.8) is 0 Å². The summed E-state index contributed by atoms with van der Waals surface area (Å²) in [6.07, 6.45) is 3.49. The normalized spacial score (nSPS) is 18.1. The summed E-state index contributed by atoms with van der Waals surface area (Å²) in [6, 6.07) is 14.0. The second-order valence-electron chi connectivity index (χ2n) is 7.59. The summed E-state index contributed by atoms with van der Waals surface area (Å²) >= 11 is 0. The smallest absolute Gasteiger partial charge is 0.295 e. The summed E-state index contributed by atoms with van der Waals surface area (Å²) in [4.78, 5) is 30.8. The molecule has 1 aromatic heterocycles. The van der Waals surface area contributed by atoms with Crippen molar-refractivity contribution >= 4 is 28.4 Å². The fourth-order valence-corrected chi connectivity index (χ4v) is 4.11. The number of fused-ring (bicyclic) bond motifs is 1. The van der Waals surface area contributed by atoms with Gasteiger partial charge in [0, 0.05) is 34.8 Å². The van der Waals surface area contributed by atoms with Crippen LogP contribution < -0.4 is 4.74 Å². The Morgan fingerprint density at radius 2 is 1.84 bits per heavy atom. The second kappa shape index (κ2) is 8.68. The molecule has 1 atom stereocenters. The van der Waals surface area contributed by atoms with Crippen molar-refractivity contribution in [3.8, 4) is 5.75 Å². The number of amides is 1. The fraction of sp³-hybridized carbons (Fsp3) is 0.280. The van der Waals surface area contributed by atoms with Gasteiger partial charge in [-0.1, -0.05) is 31.5 Å². The van der Waals surface area contributed by atoms with E-state index in [2.05, 4.69) is 4.98 Å². The molecule has 0 bridgehead atoms. The van der Waals surface area contributed by atoms with E-state index in [9.17, 15) is 14.7 Å². The molecular weight excluding hydrogens is 392 g/mol. The van der Waals surface area contributed by atoms with E-state index in [0.29, 0.717) is 24.5 Å². The highest BCUT2D eigenvalue weighted by atomic mass is 16.5. The lowest BCUT2D eigenvalue weighted by molar-refractivity contribution is -0.139. The number of hydrogen-bond donors (Lipinski definition) is 2. The zero-order valence-electron chi connectivity index (χ0n) is 17.7. The molecule has 1 unspecified atom stereocenters. The lowest BCUT2D eigenvalue weighted by atomic mass is 9.95. The SMILES string of the molecule is CCCCN1C(=O)C(=O)/C(=C(/O)c2ccc(OCC)cc2)C1c1c[nH]c2ccccc12. The van der Waals surface area contributed by atoms with Crippen LogP contribution in [0.2, 0.25) is 0 Å². The van der Waals surface area contributed by atoms with Gasteiger partial charge in [0.15, 0.2) is 0 Å². The Balaban J connectivity index is 1.86. The highest BCUT2D eigenvalue weighted by molar-refractivity contribution is 6.46. The average molecular weight is 418 g/mol. The first-order valence-electron chi connectivity index (χ1n) is 10.6. The topological polar surface area (TPSA) is 82.6 Å². The van der Waals surface area contributed by atoms with E-state index < -0.39 is 17.7 Å². The molecule has 160 valence electrons. The molecule has 0 saturated carbocycles. The number of hydrogen-bond acceptors (Lipinski definition) is 4. The summed E-state index contributed by atoms with van der Waals surface area (Å²) in [5.41, 5.74) is 2.31. The number of nitrogens with one attached hydrogen (secondary N) is 1. The highest BCUT2D eigenvalue weighted by Gasteiger charge is 2.46. The van der Waals surface area contributed by atoms with Crippen molar-refractivity contribution in [1.29, 1.82) is 0 Å². The van der Waals surface area contributed by atoms with Gasteiger partial charge >= 0.3 is 0 Å². The maximum atomic E-state index is 13.1. The lowest BCUT2D eigenvalue weighted by Gasteiger charge is -2.24. The highest BCUT2D eigenvalue weighted by Crippen LogP contribution is 2.42. The minimum Gasteiger partial charge on any atom is -0.507 e. The number of aliphatic hydroxyl groups excluding tert-OH is 1. The van der Waals surface area contributed by atoms with Gasteiger partial charge in [-0.15, -0.1) is 0 Å². The predicted molar refractivity (Wildman–Crippen MR) is 120 cm³/mol. The molecule has 0 aliphatic carbocycles. The molecule has 1 aliphatic heterocycles. The first-order valence-corrected chi connectivity index (χ1v) is 10.6. The molecule has 1 saturated heterocycles. The van der Waals surface area contributed by atoms with Crippen molar-refractivity contribution in [1.82, 2.24) is 9.88 Å². The Hall–Kier alpha value is -3.54. The molecule has 31 heavy (non-hydrogen) atoms. The number of Topliss-reactive ketones (excluding diaryl/α,β-unsaturated/α-hetero) is 1. The minimum atomic E-state index is -0.655. The maximum absolute atomic E-state index is 13.1. The third-order valence-electron chi connectivity index (χ3n) is 5.65. The molecule has 0 radical (unpaired) electrons. The van der Waals surface area contributed by atoms with Crippen molar-refractivity contribution in [2.75, 3.05) is 13.2 Å². The summed E-state index contributed by atoms with van der Waals surface area (Å²) < 4.78 is 5.46. The molecule has 1 fully saturated rings. The number of rotatable bonds is 7. The zero-order chi connectivity index (χ0) is 22.0. The Morgan fingerprint density at radius 1 is 1.10 bits per heavy atom. The molecule has 3 aromatic rings. The molecule has 6 heteroatoms. The van der Waals surface area contributed by atoms with Gasteiger partial charge in [-0.3, -0.25) is 9.59 Å². The van der Waals surface area contributed by atoms with Crippen LogP contribution in [-0.2, 0) is 9.59 Å². The number of benzene rings is 2. The quantitative estimate of drug-likeness (QED) is 0.328. The number of carbonyl (C=O) groups is 2. The molecule has 2 aromatic carbocycles. The van der Waals surface area contributed by atoms with Crippen molar-refractivity contribution in [2.45, 2.75) is 32.7 Å². The third kappa shape index (κ3) is 3.69. The zero-order valence-corrected chi connectivity index (χ0v) is 17.7. The standard InChI is InChI=1S/C25H26N2O4/c1-3-5-14-27-22(19-15-26-20-9-7-6-8-18(19)20)21(24(29)25(27)30)23(28)16-10-12-17(13-11-16)31-4-2/h6-13,15,22,26,28H,3-5,14H2,1-2H3/b23-21+. The van der Waals surface area contributed by atoms with Crippen LogP contribution in [0.1, 0.15) is 43.9 Å². The van der Waals surface area contributed by atoms with Crippen LogP contribution in [0.4, 0.5) is 0 Å². The minimum absolute atomic E-state index is 0.120. The number of ketones is 1. The van der Waals surface area contributed by atoms with Gasteiger partial charge < -0.3 is 19.7 Å². The number of aromatic nitrogens is 1. The van der Waals surface area contributed by atoms with Gasteiger partial charge in [0.25, 0.3) is 11.7 Å². The molecule has 0 spiro atoms. The molecule has 4 rings (SSSR count). The van der Waals surface area contributed by atoms with E-state index in [1.54, 1.807) is 29.2 Å². The largest absolute Gasteiger partial charge is 0.507 e. The van der Waals surface area contributed by atoms with E-state index in [-0.39, 0.29) is 11.3 Å². The molecule has 1 aliphatic rings. The van der Waals surface area contributed by atoms with Crippen LogP contribution in [0.3, 0.4) is 0 Å². The second-order valence-corrected chi connectivity index (χ2v) is 7.59. The Kier molecular flexibility index (Phi) is 5.80. The van der Waals surface area contributed by atoms with E-state index >= 15 is 0 Å². The number of aromatic amines is 1. The van der Waals surface area contributed by atoms with Crippen LogP contribution in [0.5, 0.6) is 5.75 Å². The van der Waals surface area contributed by atoms with Gasteiger partial charge in [0.2, 0.25) is 0 Å². The van der Waals surface area contributed by atoms with Gasteiger partial charge in [-0.2, -0.15) is 0 Å². The molecular formula is C25H26N2O4. The van der Waals surface area contributed by atoms with Crippen LogP contribution in [0.15, 0.2) is 60.3 Å². The third-order valence-corrected chi connectivity index (χ3v) is 5.65. The molecule has 2 N–H and O–H groups in total. The number of unbranched alkanes of at least 4 members (excludes halogenated alkanes) is 1. The Morgan fingerprint density at radius 3 is 2.55 bits per heavy atom. The van der Waals surface area contributed by atoms with Gasteiger partial charge in [-0.25, -0.2) is 0 Å². The number of likely N-dealkylation sites (tertiary alicyclic amines) is 1. The predicted octanol–water partition coefficient (Wildman–Crippen LogP) is 4.79. The fourth-order valence-electron chi connectivity index (χ4n) is 4.11. The van der Waals surface area contributed by atoms with E-state index in [0.717, 1.165) is 29.3 Å². The van der Waals surface area contributed by atoms with Crippen molar-refractivity contribution in [3.05, 3.63) is 71.4 Å². The van der Waals surface area contributed by atoms with Crippen LogP contribution in [-0.4, -0.2) is 39.8 Å². The maximum Gasteiger partial charge on any atom is 0.295 e. The summed E-state index contributed by atoms with van der Waals surface area (Å²) in [6.45, 7) is 4.92. The number of carbonyl (C=O) groups excluding carboxylic acids is 2. The van der Waals surface area contributed by atoms with E-state index in [4.69, 9.17) is 4.74 Å². The number of aliphatic hydroxyl groups is 1. The molecule has 2 heterocycles. The number of para-hydroxylation sites is 1. The average Bonchev–Trinajstić information content (AvgIpc) is 3.31. The van der Waals surface area contributed by atoms with Crippen LogP contribution in [0, 0.1) is 0 Å². The Labute approximate surface area is 181 Å². The van der Waals surface area contributed by atoms with Crippen LogP contribution in [0.25, 0.3) is 16.7 Å². The van der Waals surface area contributed by atoms with Crippen LogP contribution >= 0.6 is 0 Å². The Bertz CT molecular complexity index is 1140. The van der Waals surface area contributed by atoms with Gasteiger partial charge in [0.05, 0.1) is 18.2 Å². The van der Waals surface area contributed by atoms with E-state index in [1.807, 2.05) is 44.3 Å². The monoisotopic (exact) mass is 418 g/mol. The first-order chi connectivity index (χ1) is 15.1. The number of ether oxygens (including phenoxy) is 1. The number of nitrogens with zero attached hydrogens (tertiary/aromatic N) is 1. The summed E-state index contributed by atoms with van der Waals surface area (Å²) in [5.74, 6) is -0.722. The lowest BCUT2D eigenvalue weighted by Crippen LogP contribution is -2.30. The van der Waals surface area contributed by atoms with Gasteiger partial charge in [0.1, 0.15) is 11.5 Å². The first kappa shape index (κ1) is 20.7. The summed E-state index contributed by atoms with van der Waals surface area (Å²) in [5, 5.41) is 12.1. The van der Waals surface area contributed by atoms with Gasteiger partial charge in [-0.05, 0) is 43.7 Å². The van der Waals surface area contributed by atoms with E-state index in [1.165, 1.54) is 0 Å². The van der Waals surface area contributed by atoms with Crippen molar-refractivity contribution < 1.29 is 19.4 Å². The number of H-pyrrole nitrogens is 1. The summed E-state index contributed by atoms with van der Waals surface area (Å²) in [7, 11) is 0. The molecule has 6 nitrogen and oxygen atoms in total. The molecule has 1 amide bonds.